The van der Waals surface area contributed by atoms with Gasteiger partial charge >= 0.3 is 0 Å². The van der Waals surface area contributed by atoms with E-state index in [1.165, 1.54) is 43.4 Å². The van der Waals surface area contributed by atoms with Gasteiger partial charge in [-0.15, -0.1) is 0 Å². The van der Waals surface area contributed by atoms with E-state index in [1.54, 1.807) is 0 Å². The maximum absolute atomic E-state index is 10.4. The van der Waals surface area contributed by atoms with Gasteiger partial charge in [0.25, 0.3) is 0 Å². The molecule has 1 saturated heterocycles. The van der Waals surface area contributed by atoms with Crippen molar-refractivity contribution < 1.29 is 5.11 Å². The van der Waals surface area contributed by atoms with Gasteiger partial charge in [-0.2, -0.15) is 0 Å². The zero-order valence-electron chi connectivity index (χ0n) is 13.8. The van der Waals surface area contributed by atoms with Crippen molar-refractivity contribution in [2.45, 2.75) is 51.6 Å². The number of aliphatic hydroxyl groups is 1. The number of hydrogen-bond acceptors (Lipinski definition) is 2. The third-order valence-electron chi connectivity index (χ3n) is 5.54. The van der Waals surface area contributed by atoms with Crippen LogP contribution in [0.2, 0.25) is 0 Å². The molecule has 0 aromatic heterocycles. The predicted molar refractivity (Wildman–Crippen MR) is 92.7 cm³/mol. The maximum atomic E-state index is 10.4. The average Bonchev–Trinajstić information content (AvgIpc) is 2.88. The first-order valence-corrected chi connectivity index (χ1v) is 8.88. The van der Waals surface area contributed by atoms with Crippen molar-refractivity contribution in [1.82, 2.24) is 4.90 Å². The Hall–Kier alpha value is -1.12. The van der Waals surface area contributed by atoms with Crippen LogP contribution in [0.25, 0.3) is 5.57 Å². The molecule has 2 nitrogen and oxygen atoms in total. The number of benzene rings is 1. The summed E-state index contributed by atoms with van der Waals surface area (Å²) < 4.78 is 0. The molecule has 0 unspecified atom stereocenters. The van der Waals surface area contributed by atoms with Crippen molar-refractivity contribution in [2.75, 3.05) is 19.6 Å². The SMILES string of the molecule is CC/C=C(/CN1CCC[C@]2(CCC[C@H]2O)C1)c1ccccc1. The van der Waals surface area contributed by atoms with Gasteiger partial charge in [-0.3, -0.25) is 4.90 Å². The van der Waals surface area contributed by atoms with Crippen LogP contribution >= 0.6 is 0 Å². The molecule has 1 heterocycles. The first-order valence-electron chi connectivity index (χ1n) is 8.88. The van der Waals surface area contributed by atoms with Gasteiger partial charge in [0.2, 0.25) is 0 Å². The zero-order valence-corrected chi connectivity index (χ0v) is 13.8. The Morgan fingerprint density at radius 3 is 2.73 bits per heavy atom. The largest absolute Gasteiger partial charge is 0.393 e. The topological polar surface area (TPSA) is 23.5 Å². The summed E-state index contributed by atoms with van der Waals surface area (Å²) in [5.41, 5.74) is 2.97. The van der Waals surface area contributed by atoms with E-state index in [9.17, 15) is 5.11 Å². The first kappa shape index (κ1) is 15.8. The molecular weight excluding hydrogens is 270 g/mol. The minimum atomic E-state index is -0.0781. The highest BCUT2D eigenvalue weighted by atomic mass is 16.3. The second-order valence-corrected chi connectivity index (χ2v) is 7.09. The quantitative estimate of drug-likeness (QED) is 0.904. The van der Waals surface area contributed by atoms with Crippen LogP contribution < -0.4 is 0 Å². The van der Waals surface area contributed by atoms with Crippen LogP contribution in [-0.4, -0.2) is 35.7 Å². The molecule has 1 aliphatic carbocycles. The van der Waals surface area contributed by atoms with Gasteiger partial charge in [0.15, 0.2) is 0 Å². The standard InChI is InChI=1S/C20H29NO/c1-2-8-18(17-9-4-3-5-10-17)15-21-14-7-13-20(16-21)12-6-11-19(20)22/h3-5,8-10,19,22H,2,6-7,11-16H2,1H3/b18-8-/t19-,20-/m1/s1. The minimum Gasteiger partial charge on any atom is -0.393 e. The normalized spacial score (nSPS) is 30.1. The Morgan fingerprint density at radius 1 is 1.27 bits per heavy atom. The fourth-order valence-corrected chi connectivity index (χ4v) is 4.40. The molecule has 1 aliphatic heterocycles. The number of piperidine rings is 1. The van der Waals surface area contributed by atoms with Crippen LogP contribution in [0.5, 0.6) is 0 Å². The van der Waals surface area contributed by atoms with Gasteiger partial charge in [0.05, 0.1) is 6.10 Å². The Balaban J connectivity index is 1.72. The van der Waals surface area contributed by atoms with Crippen molar-refractivity contribution in [1.29, 1.82) is 0 Å². The van der Waals surface area contributed by atoms with E-state index in [0.717, 1.165) is 25.9 Å². The van der Waals surface area contributed by atoms with E-state index in [2.05, 4.69) is 48.2 Å². The summed E-state index contributed by atoms with van der Waals surface area (Å²) in [6.07, 6.45) is 9.21. The van der Waals surface area contributed by atoms with E-state index in [-0.39, 0.29) is 11.5 Å². The summed E-state index contributed by atoms with van der Waals surface area (Å²) in [4.78, 5) is 2.58. The van der Waals surface area contributed by atoms with Gasteiger partial charge in [0, 0.05) is 18.5 Å². The Kier molecular flexibility index (Phi) is 5.00. The Labute approximate surface area is 134 Å². The van der Waals surface area contributed by atoms with Crippen LogP contribution in [0.3, 0.4) is 0 Å². The summed E-state index contributed by atoms with van der Waals surface area (Å²) in [6.45, 7) is 5.47. The lowest BCUT2D eigenvalue weighted by atomic mass is 9.76. The minimum absolute atomic E-state index is 0.0781. The average molecular weight is 299 g/mol. The fourth-order valence-electron chi connectivity index (χ4n) is 4.40. The molecule has 1 spiro atoms. The van der Waals surface area contributed by atoms with Crippen molar-refractivity contribution in [2.24, 2.45) is 5.41 Å². The summed E-state index contributed by atoms with van der Waals surface area (Å²) >= 11 is 0. The number of allylic oxidation sites excluding steroid dienone is 1. The van der Waals surface area contributed by atoms with Crippen LogP contribution in [-0.2, 0) is 0 Å². The molecule has 1 N–H and O–H groups in total. The highest BCUT2D eigenvalue weighted by Crippen LogP contribution is 2.45. The van der Waals surface area contributed by atoms with Crippen LogP contribution in [0.4, 0.5) is 0 Å². The van der Waals surface area contributed by atoms with E-state index in [4.69, 9.17) is 0 Å². The molecule has 0 amide bonds. The van der Waals surface area contributed by atoms with Crippen LogP contribution in [0.15, 0.2) is 36.4 Å². The molecule has 2 atom stereocenters. The molecule has 1 aromatic carbocycles. The zero-order chi connectivity index (χ0) is 15.4. The first-order chi connectivity index (χ1) is 10.7. The molecule has 120 valence electrons. The molecule has 0 radical (unpaired) electrons. The number of aliphatic hydroxyl groups excluding tert-OH is 1. The number of hydrogen-bond donors (Lipinski definition) is 1. The van der Waals surface area contributed by atoms with Gasteiger partial charge in [-0.05, 0) is 49.8 Å². The molecule has 3 rings (SSSR count). The summed E-state index contributed by atoms with van der Waals surface area (Å²) in [5.74, 6) is 0. The molecule has 1 aromatic rings. The lowest BCUT2D eigenvalue weighted by Crippen LogP contribution is -2.47. The van der Waals surface area contributed by atoms with Gasteiger partial charge in [-0.1, -0.05) is 49.8 Å². The third-order valence-corrected chi connectivity index (χ3v) is 5.54. The number of nitrogens with zero attached hydrogens (tertiary/aromatic N) is 1. The van der Waals surface area contributed by atoms with Gasteiger partial charge < -0.3 is 5.11 Å². The lowest BCUT2D eigenvalue weighted by Gasteiger charge is -2.43. The molecule has 22 heavy (non-hydrogen) atoms. The summed E-state index contributed by atoms with van der Waals surface area (Å²) in [5, 5.41) is 10.4. The molecular formula is C20H29NO. The third kappa shape index (κ3) is 3.28. The molecule has 0 bridgehead atoms. The second-order valence-electron chi connectivity index (χ2n) is 7.09. The Morgan fingerprint density at radius 2 is 2.05 bits per heavy atom. The van der Waals surface area contributed by atoms with Crippen LogP contribution in [0, 0.1) is 5.41 Å². The monoisotopic (exact) mass is 299 g/mol. The molecule has 2 heteroatoms. The van der Waals surface area contributed by atoms with E-state index in [1.807, 2.05) is 0 Å². The van der Waals surface area contributed by atoms with Crippen molar-refractivity contribution in [3.8, 4) is 0 Å². The van der Waals surface area contributed by atoms with Gasteiger partial charge in [0.1, 0.15) is 0 Å². The summed E-state index contributed by atoms with van der Waals surface area (Å²) in [7, 11) is 0. The second kappa shape index (κ2) is 6.97. The van der Waals surface area contributed by atoms with Crippen molar-refractivity contribution in [3.63, 3.8) is 0 Å². The van der Waals surface area contributed by atoms with E-state index < -0.39 is 0 Å². The highest BCUT2D eigenvalue weighted by Gasteiger charge is 2.44. The fraction of sp³-hybridized carbons (Fsp3) is 0.600. The molecule has 2 aliphatic rings. The smallest absolute Gasteiger partial charge is 0.0608 e. The van der Waals surface area contributed by atoms with E-state index >= 15 is 0 Å². The van der Waals surface area contributed by atoms with E-state index in [0.29, 0.717) is 0 Å². The lowest BCUT2D eigenvalue weighted by molar-refractivity contribution is -0.00542. The number of likely N-dealkylation sites (tertiary alicyclic amines) is 1. The Bertz CT molecular complexity index is 510. The number of rotatable bonds is 4. The summed E-state index contributed by atoms with van der Waals surface area (Å²) in [6, 6.07) is 10.8. The van der Waals surface area contributed by atoms with Crippen molar-refractivity contribution >= 4 is 5.57 Å². The van der Waals surface area contributed by atoms with Crippen molar-refractivity contribution in [3.05, 3.63) is 42.0 Å². The molecule has 1 saturated carbocycles. The highest BCUT2D eigenvalue weighted by molar-refractivity contribution is 5.66. The van der Waals surface area contributed by atoms with Gasteiger partial charge in [-0.25, -0.2) is 0 Å². The maximum Gasteiger partial charge on any atom is 0.0608 e. The molecule has 2 fully saturated rings. The van der Waals surface area contributed by atoms with Crippen LogP contribution in [0.1, 0.15) is 51.0 Å². The predicted octanol–water partition coefficient (Wildman–Crippen LogP) is 4.11.